The van der Waals surface area contributed by atoms with Crippen LogP contribution in [0, 0.1) is 0 Å². The Morgan fingerprint density at radius 3 is 3.07 bits per heavy atom. The zero-order chi connectivity index (χ0) is 10.3. The number of hydrogen-bond donors (Lipinski definition) is 1. The number of halogens is 1. The second-order valence-electron chi connectivity index (χ2n) is 2.99. The van der Waals surface area contributed by atoms with Gasteiger partial charge in [-0.2, -0.15) is 21.4 Å². The molecule has 3 rings (SSSR count). The molecule has 0 aromatic carbocycles. The summed E-state index contributed by atoms with van der Waals surface area (Å²) in [7, 11) is 0. The van der Waals surface area contributed by atoms with Gasteiger partial charge >= 0.3 is 0 Å². The van der Waals surface area contributed by atoms with Gasteiger partial charge in [0.1, 0.15) is 0 Å². The fourth-order valence-electron chi connectivity index (χ4n) is 1.43. The van der Waals surface area contributed by atoms with Crippen LogP contribution in [0.5, 0.6) is 0 Å². The van der Waals surface area contributed by atoms with E-state index in [1.165, 1.54) is 0 Å². The van der Waals surface area contributed by atoms with Gasteiger partial charge in [-0.3, -0.25) is 5.10 Å². The third-order valence-corrected chi connectivity index (χ3v) is 2.93. The predicted octanol–water partition coefficient (Wildman–Crippen LogP) is 2.73. The summed E-state index contributed by atoms with van der Waals surface area (Å²) >= 11 is 7.45. The average Bonchev–Trinajstić information content (AvgIpc) is 2.86. The van der Waals surface area contributed by atoms with E-state index >= 15 is 0 Å². The van der Waals surface area contributed by atoms with Crippen molar-refractivity contribution in [3.63, 3.8) is 0 Å². The average molecular weight is 237 g/mol. The fourth-order valence-corrected chi connectivity index (χ4v) is 2.24. The zero-order valence-electron chi connectivity index (χ0n) is 7.44. The Balaban J connectivity index is 2.38. The number of hydrogen-bond acceptors (Lipinski definition) is 4. The second kappa shape index (κ2) is 3.29. The topological polar surface area (TPSA) is 54.5 Å². The minimum atomic E-state index is 0.230. The number of nitrogens with one attached hydrogen (secondary N) is 1. The van der Waals surface area contributed by atoms with Crippen LogP contribution in [0.15, 0.2) is 23.0 Å². The first kappa shape index (κ1) is 8.82. The van der Waals surface area contributed by atoms with Crippen molar-refractivity contribution < 1.29 is 0 Å². The number of fused-ring (bicyclic) bond motifs is 1. The van der Waals surface area contributed by atoms with Gasteiger partial charge < -0.3 is 0 Å². The number of rotatable bonds is 1. The van der Waals surface area contributed by atoms with Gasteiger partial charge in [-0.1, -0.05) is 0 Å². The minimum absolute atomic E-state index is 0.230. The third kappa shape index (κ3) is 1.40. The van der Waals surface area contributed by atoms with Gasteiger partial charge in [-0.15, -0.1) is 0 Å². The van der Waals surface area contributed by atoms with Crippen LogP contribution < -0.4 is 0 Å². The molecule has 0 aliphatic heterocycles. The molecule has 3 heterocycles. The van der Waals surface area contributed by atoms with E-state index in [-0.39, 0.29) is 5.28 Å². The van der Waals surface area contributed by atoms with Crippen LogP contribution in [0.1, 0.15) is 0 Å². The first-order chi connectivity index (χ1) is 7.34. The first-order valence-corrected chi connectivity index (χ1v) is 5.56. The molecule has 0 amide bonds. The van der Waals surface area contributed by atoms with Crippen molar-refractivity contribution in [1.29, 1.82) is 0 Å². The first-order valence-electron chi connectivity index (χ1n) is 4.24. The highest BCUT2D eigenvalue weighted by atomic mass is 35.5. The molecule has 0 unspecified atom stereocenters. The molecule has 0 radical (unpaired) electrons. The molecule has 0 saturated carbocycles. The van der Waals surface area contributed by atoms with Crippen LogP contribution in [-0.4, -0.2) is 20.2 Å². The predicted molar refractivity (Wildman–Crippen MR) is 60.0 cm³/mol. The summed E-state index contributed by atoms with van der Waals surface area (Å²) in [6, 6.07) is 2.00. The van der Waals surface area contributed by atoms with Gasteiger partial charge in [0.2, 0.25) is 5.28 Å². The maximum absolute atomic E-state index is 5.83. The lowest BCUT2D eigenvalue weighted by molar-refractivity contribution is 1.09. The van der Waals surface area contributed by atoms with Gasteiger partial charge in [0, 0.05) is 10.9 Å². The largest absolute Gasteiger partial charge is 0.261 e. The van der Waals surface area contributed by atoms with Crippen molar-refractivity contribution >= 4 is 34.0 Å². The summed E-state index contributed by atoms with van der Waals surface area (Å²) < 4.78 is 0. The number of aromatic nitrogens is 4. The van der Waals surface area contributed by atoms with E-state index in [2.05, 4.69) is 20.2 Å². The number of aromatic amines is 1. The van der Waals surface area contributed by atoms with Crippen molar-refractivity contribution in [3.8, 4) is 11.3 Å². The second-order valence-corrected chi connectivity index (χ2v) is 4.10. The van der Waals surface area contributed by atoms with E-state index in [1.807, 2.05) is 16.8 Å². The van der Waals surface area contributed by atoms with Crippen LogP contribution in [0.25, 0.3) is 22.3 Å². The van der Waals surface area contributed by atoms with Gasteiger partial charge in [-0.25, -0.2) is 4.98 Å². The Bertz CT molecular complexity index is 602. The Kier molecular flexibility index (Phi) is 1.93. The van der Waals surface area contributed by atoms with Crippen molar-refractivity contribution in [2.24, 2.45) is 0 Å². The van der Waals surface area contributed by atoms with Crippen molar-refractivity contribution in [2.75, 3.05) is 0 Å². The Labute approximate surface area is 94.0 Å². The van der Waals surface area contributed by atoms with Gasteiger partial charge in [0.15, 0.2) is 5.65 Å². The molecule has 15 heavy (non-hydrogen) atoms. The molecule has 6 heteroatoms. The highest BCUT2D eigenvalue weighted by molar-refractivity contribution is 7.08. The molecule has 0 saturated heterocycles. The molecule has 3 aromatic heterocycles. The SMILES string of the molecule is Clc1nc(-c2ccsc2)c2cn[nH]c2n1. The van der Waals surface area contributed by atoms with Crippen molar-refractivity contribution in [2.45, 2.75) is 0 Å². The highest BCUT2D eigenvalue weighted by Crippen LogP contribution is 2.27. The van der Waals surface area contributed by atoms with E-state index in [4.69, 9.17) is 11.6 Å². The lowest BCUT2D eigenvalue weighted by Crippen LogP contribution is -1.88. The van der Waals surface area contributed by atoms with E-state index in [0.717, 1.165) is 16.6 Å². The highest BCUT2D eigenvalue weighted by Gasteiger charge is 2.10. The van der Waals surface area contributed by atoms with E-state index in [9.17, 15) is 0 Å². The molecule has 0 spiro atoms. The number of nitrogens with zero attached hydrogens (tertiary/aromatic N) is 3. The van der Waals surface area contributed by atoms with Gasteiger partial charge in [0.05, 0.1) is 17.3 Å². The zero-order valence-corrected chi connectivity index (χ0v) is 9.01. The maximum Gasteiger partial charge on any atom is 0.224 e. The summed E-state index contributed by atoms with van der Waals surface area (Å²) in [4.78, 5) is 8.26. The standard InChI is InChI=1S/C9H5ClN4S/c10-9-12-7(5-1-2-15-4-5)6-3-11-14-8(6)13-9/h1-4H,(H,11,12,13,14). The Hall–Kier alpha value is -1.46. The van der Waals surface area contributed by atoms with E-state index in [0.29, 0.717) is 5.65 Å². The van der Waals surface area contributed by atoms with Crippen molar-refractivity contribution in [3.05, 3.63) is 28.3 Å². The van der Waals surface area contributed by atoms with Crippen LogP contribution in [0.4, 0.5) is 0 Å². The molecule has 0 atom stereocenters. The summed E-state index contributed by atoms with van der Waals surface area (Å²) in [6.45, 7) is 0. The molecule has 0 aliphatic carbocycles. The quantitative estimate of drug-likeness (QED) is 0.661. The van der Waals surface area contributed by atoms with Crippen LogP contribution in [0.3, 0.4) is 0 Å². The minimum Gasteiger partial charge on any atom is -0.261 e. The van der Waals surface area contributed by atoms with Crippen LogP contribution >= 0.6 is 22.9 Å². The molecule has 0 bridgehead atoms. The summed E-state index contributed by atoms with van der Waals surface area (Å²) in [5.74, 6) is 0. The maximum atomic E-state index is 5.83. The smallest absolute Gasteiger partial charge is 0.224 e. The molecule has 4 nitrogen and oxygen atoms in total. The summed E-state index contributed by atoms with van der Waals surface area (Å²) in [5.41, 5.74) is 2.52. The van der Waals surface area contributed by atoms with E-state index < -0.39 is 0 Å². The fraction of sp³-hybridized carbons (Fsp3) is 0. The van der Waals surface area contributed by atoms with Crippen LogP contribution in [0.2, 0.25) is 5.28 Å². The van der Waals surface area contributed by atoms with Gasteiger partial charge in [0.25, 0.3) is 0 Å². The number of thiophene rings is 1. The van der Waals surface area contributed by atoms with Crippen LogP contribution in [-0.2, 0) is 0 Å². The molecule has 3 aromatic rings. The third-order valence-electron chi connectivity index (χ3n) is 2.08. The molecule has 74 valence electrons. The summed E-state index contributed by atoms with van der Waals surface area (Å²) in [6.07, 6.45) is 1.71. The van der Waals surface area contributed by atoms with E-state index in [1.54, 1.807) is 17.5 Å². The number of H-pyrrole nitrogens is 1. The normalized spacial score (nSPS) is 11.0. The molecule has 1 N–H and O–H groups in total. The summed E-state index contributed by atoms with van der Waals surface area (Å²) in [5, 5.41) is 11.8. The Morgan fingerprint density at radius 1 is 1.33 bits per heavy atom. The molecular weight excluding hydrogens is 232 g/mol. The lowest BCUT2D eigenvalue weighted by Gasteiger charge is -1.98. The van der Waals surface area contributed by atoms with Crippen molar-refractivity contribution in [1.82, 2.24) is 20.2 Å². The molecular formula is C9H5ClN4S. The van der Waals surface area contributed by atoms with Gasteiger partial charge in [-0.05, 0) is 23.0 Å². The molecule has 0 aliphatic rings. The lowest BCUT2D eigenvalue weighted by atomic mass is 10.2. The monoisotopic (exact) mass is 236 g/mol. The Morgan fingerprint density at radius 2 is 2.27 bits per heavy atom. The molecule has 0 fully saturated rings.